The summed E-state index contributed by atoms with van der Waals surface area (Å²) in [6, 6.07) is 20.3. The van der Waals surface area contributed by atoms with Crippen LogP contribution in [0.25, 0.3) is 21.3 Å². The van der Waals surface area contributed by atoms with E-state index in [0.29, 0.717) is 35.1 Å². The van der Waals surface area contributed by atoms with Crippen LogP contribution in [0, 0.1) is 0 Å². The zero-order valence-corrected chi connectivity index (χ0v) is 20.2. The monoisotopic (exact) mass is 498 g/mol. The number of benzene rings is 2. The molecule has 0 spiro atoms. The number of carbonyl (C=O) groups excluding carboxylic acids is 2. The Balaban J connectivity index is 1.41. The molecule has 0 saturated carbocycles. The van der Waals surface area contributed by atoms with Crippen LogP contribution in [0.5, 0.6) is 0 Å². The van der Waals surface area contributed by atoms with Gasteiger partial charge in [-0.15, -0.1) is 11.3 Å². The van der Waals surface area contributed by atoms with Gasteiger partial charge in [-0.05, 0) is 30.0 Å². The van der Waals surface area contributed by atoms with E-state index in [4.69, 9.17) is 0 Å². The molecule has 5 rings (SSSR count). The van der Waals surface area contributed by atoms with Crippen molar-refractivity contribution >= 4 is 33.9 Å². The first-order chi connectivity index (χ1) is 17.5. The molecule has 0 aliphatic carbocycles. The lowest BCUT2D eigenvalue weighted by Gasteiger charge is -2.11. The summed E-state index contributed by atoms with van der Waals surface area (Å²) in [7, 11) is 0. The minimum Gasteiger partial charge on any atom is -0.267 e. The van der Waals surface area contributed by atoms with Gasteiger partial charge in [0.1, 0.15) is 5.69 Å². The number of thiophene rings is 1. The van der Waals surface area contributed by atoms with E-state index >= 15 is 0 Å². The van der Waals surface area contributed by atoms with Crippen LogP contribution in [0.15, 0.2) is 83.1 Å². The van der Waals surface area contributed by atoms with Crippen molar-refractivity contribution in [2.75, 3.05) is 0 Å². The van der Waals surface area contributed by atoms with Crippen LogP contribution in [-0.4, -0.2) is 31.4 Å². The largest absolute Gasteiger partial charge is 0.290 e. The predicted molar refractivity (Wildman–Crippen MR) is 138 cm³/mol. The number of hydrazine groups is 1. The van der Waals surface area contributed by atoms with E-state index in [-0.39, 0.29) is 11.3 Å². The topological polar surface area (TPSA) is 111 Å². The molecule has 2 amide bonds. The first-order valence-electron chi connectivity index (χ1n) is 11.3. The van der Waals surface area contributed by atoms with Crippen LogP contribution in [0.1, 0.15) is 33.3 Å². The molecule has 2 N–H and O–H groups in total. The van der Waals surface area contributed by atoms with Gasteiger partial charge in [0.15, 0.2) is 5.69 Å². The molecule has 0 aliphatic rings. The molecule has 2 aromatic carbocycles. The Labute approximate surface area is 210 Å². The number of nitrogens with zero attached hydrogens (tertiary/aromatic N) is 4. The van der Waals surface area contributed by atoms with Gasteiger partial charge < -0.3 is 0 Å². The Kier molecular flexibility index (Phi) is 6.42. The van der Waals surface area contributed by atoms with Crippen LogP contribution in [-0.2, 0) is 13.1 Å². The third-order valence-corrected chi connectivity index (χ3v) is 6.50. The van der Waals surface area contributed by atoms with Crippen molar-refractivity contribution in [1.82, 2.24) is 30.4 Å². The van der Waals surface area contributed by atoms with Crippen molar-refractivity contribution in [1.29, 1.82) is 0 Å². The summed E-state index contributed by atoms with van der Waals surface area (Å²) >= 11 is 1.47. The molecule has 5 aromatic rings. The molecule has 3 aromatic heterocycles. The van der Waals surface area contributed by atoms with Gasteiger partial charge in [-0.25, -0.2) is 4.68 Å². The first-order valence-corrected chi connectivity index (χ1v) is 12.2. The molecule has 9 nitrogen and oxygen atoms in total. The fourth-order valence-electron chi connectivity index (χ4n) is 3.89. The van der Waals surface area contributed by atoms with Gasteiger partial charge in [-0.1, -0.05) is 54.6 Å². The number of hydrogen-bond donors (Lipinski definition) is 2. The second-order valence-corrected chi connectivity index (χ2v) is 8.92. The van der Waals surface area contributed by atoms with Crippen molar-refractivity contribution in [2.45, 2.75) is 20.0 Å². The van der Waals surface area contributed by atoms with Gasteiger partial charge in [-0.3, -0.25) is 29.9 Å². The molecule has 0 aliphatic heterocycles. The van der Waals surface area contributed by atoms with Gasteiger partial charge in [0.05, 0.1) is 22.4 Å². The number of aromatic nitrogens is 4. The molecule has 0 radical (unpaired) electrons. The van der Waals surface area contributed by atoms with Crippen molar-refractivity contribution in [3.8, 4) is 10.6 Å². The van der Waals surface area contributed by atoms with Crippen molar-refractivity contribution in [2.24, 2.45) is 0 Å². The molecule has 0 saturated heterocycles. The van der Waals surface area contributed by atoms with Gasteiger partial charge in [-0.2, -0.15) is 10.2 Å². The van der Waals surface area contributed by atoms with E-state index < -0.39 is 11.8 Å². The second kappa shape index (κ2) is 9.96. The lowest BCUT2D eigenvalue weighted by Crippen LogP contribution is -2.42. The third kappa shape index (κ3) is 4.53. The summed E-state index contributed by atoms with van der Waals surface area (Å²) in [5.41, 5.74) is 6.58. The van der Waals surface area contributed by atoms with Crippen LogP contribution < -0.4 is 16.4 Å². The fraction of sp³-hybridized carbons (Fsp3) is 0.115. The lowest BCUT2D eigenvalue weighted by atomic mass is 10.1. The Morgan fingerprint density at radius 2 is 1.61 bits per heavy atom. The molecule has 0 atom stereocenters. The molecule has 0 unspecified atom stereocenters. The Morgan fingerprint density at radius 1 is 0.889 bits per heavy atom. The molecule has 10 heteroatoms. The highest BCUT2D eigenvalue weighted by molar-refractivity contribution is 7.13. The fourth-order valence-corrected chi connectivity index (χ4v) is 4.61. The van der Waals surface area contributed by atoms with Crippen LogP contribution in [0.4, 0.5) is 0 Å². The van der Waals surface area contributed by atoms with Crippen LogP contribution in [0.2, 0.25) is 0 Å². The summed E-state index contributed by atoms with van der Waals surface area (Å²) in [6.07, 6.45) is 1.66. The zero-order valence-electron chi connectivity index (χ0n) is 19.3. The summed E-state index contributed by atoms with van der Waals surface area (Å²) < 4.78 is 2.93. The number of fused-ring (bicyclic) bond motifs is 1. The van der Waals surface area contributed by atoms with E-state index in [1.807, 2.05) is 47.8 Å². The van der Waals surface area contributed by atoms with E-state index in [1.54, 1.807) is 42.1 Å². The highest BCUT2D eigenvalue weighted by Crippen LogP contribution is 2.27. The van der Waals surface area contributed by atoms with Crippen molar-refractivity contribution < 1.29 is 9.59 Å². The number of amides is 2. The normalized spacial score (nSPS) is 10.9. The maximum atomic E-state index is 13.2. The first kappa shape index (κ1) is 23.2. The van der Waals surface area contributed by atoms with Crippen molar-refractivity contribution in [3.63, 3.8) is 0 Å². The van der Waals surface area contributed by atoms with E-state index in [9.17, 15) is 14.4 Å². The minimum atomic E-state index is -0.629. The molecule has 0 bridgehead atoms. The average molecular weight is 499 g/mol. The quantitative estimate of drug-likeness (QED) is 0.348. The number of nitrogens with one attached hydrogen (secondary N) is 2. The van der Waals surface area contributed by atoms with Gasteiger partial charge in [0.2, 0.25) is 0 Å². The number of hydrogen-bond acceptors (Lipinski definition) is 6. The Bertz CT molecular complexity index is 1610. The van der Waals surface area contributed by atoms with Crippen molar-refractivity contribution in [3.05, 3.63) is 105 Å². The molecular formula is C26H22N6O3S. The lowest BCUT2D eigenvalue weighted by molar-refractivity contribution is 0.0844. The van der Waals surface area contributed by atoms with E-state index in [1.165, 1.54) is 16.0 Å². The molecule has 3 heterocycles. The van der Waals surface area contributed by atoms with Gasteiger partial charge >= 0.3 is 0 Å². The van der Waals surface area contributed by atoms with Crippen LogP contribution >= 0.6 is 11.3 Å². The summed E-state index contributed by atoms with van der Waals surface area (Å²) in [6.45, 7) is 2.57. The summed E-state index contributed by atoms with van der Waals surface area (Å²) in [5, 5.41) is 11.5. The number of carbonyl (C=O) groups is 2. The Morgan fingerprint density at radius 3 is 2.33 bits per heavy atom. The van der Waals surface area contributed by atoms with Gasteiger partial charge in [0.25, 0.3) is 17.4 Å². The maximum absolute atomic E-state index is 13.2. The zero-order chi connectivity index (χ0) is 25.1. The Hall–Kier alpha value is -4.57. The summed E-state index contributed by atoms with van der Waals surface area (Å²) in [4.78, 5) is 39.6. The van der Waals surface area contributed by atoms with Gasteiger partial charge in [0, 0.05) is 18.1 Å². The highest BCUT2D eigenvalue weighted by Gasteiger charge is 2.21. The number of rotatable bonds is 6. The molecule has 0 fully saturated rings. The smallest absolute Gasteiger partial charge is 0.267 e. The molecule has 180 valence electrons. The van der Waals surface area contributed by atoms with E-state index in [2.05, 4.69) is 21.0 Å². The standard InChI is InChI=1S/C26H22N6O3S/c1-2-32-26(35)19-12-7-6-11-18(19)23(30-32)25(34)28-27-24(33)20-16-31(15-17-9-4-3-5-10-17)29-22(20)21-13-8-14-36-21/h3-14,16H,2,15H2,1H3,(H,27,33)(H,28,34). The maximum Gasteiger partial charge on any atom is 0.290 e. The van der Waals surface area contributed by atoms with Crippen LogP contribution in [0.3, 0.4) is 0 Å². The minimum absolute atomic E-state index is 0.0469. The number of aryl methyl sites for hydroxylation is 1. The second-order valence-electron chi connectivity index (χ2n) is 7.98. The van der Waals surface area contributed by atoms with E-state index in [0.717, 1.165) is 10.4 Å². The predicted octanol–water partition coefficient (Wildman–Crippen LogP) is 3.46. The SMILES string of the molecule is CCn1nc(C(=O)NNC(=O)c2cn(Cc3ccccc3)nc2-c2cccs2)c2ccccc2c1=O. The molecular weight excluding hydrogens is 476 g/mol. The average Bonchev–Trinajstić information content (AvgIpc) is 3.58. The third-order valence-electron chi connectivity index (χ3n) is 5.62. The molecule has 36 heavy (non-hydrogen) atoms. The highest BCUT2D eigenvalue weighted by atomic mass is 32.1. The summed E-state index contributed by atoms with van der Waals surface area (Å²) in [5.74, 6) is -1.14.